The van der Waals surface area contributed by atoms with Gasteiger partial charge in [0.05, 0.1) is 6.61 Å². The number of hydrogen-bond donors (Lipinski definition) is 1. The Balaban J connectivity index is 1.45. The minimum Gasteiger partial charge on any atom is -0.493 e. The van der Waals surface area contributed by atoms with Gasteiger partial charge in [0.25, 0.3) is 0 Å². The smallest absolute Gasteiger partial charge is 0.244 e. The minimum atomic E-state index is -0.0757. The zero-order chi connectivity index (χ0) is 16.8. The summed E-state index contributed by atoms with van der Waals surface area (Å²) in [5.74, 6) is 0.883. The number of carbonyl (C=O) groups is 1. The first kappa shape index (κ1) is 16.1. The molecule has 3 rings (SSSR count). The van der Waals surface area contributed by atoms with Gasteiger partial charge in [0.15, 0.2) is 0 Å². The number of para-hydroxylation sites is 1. The summed E-state index contributed by atoms with van der Waals surface area (Å²) in [5.41, 5.74) is 3.38. The molecule has 1 aliphatic heterocycles. The highest BCUT2D eigenvalue weighted by Gasteiger charge is 2.11. The van der Waals surface area contributed by atoms with E-state index in [1.807, 2.05) is 43.5 Å². The maximum absolute atomic E-state index is 11.9. The molecule has 0 aliphatic carbocycles. The summed E-state index contributed by atoms with van der Waals surface area (Å²) >= 11 is 0. The highest BCUT2D eigenvalue weighted by Crippen LogP contribution is 2.26. The molecule has 1 N–H and O–H groups in total. The largest absolute Gasteiger partial charge is 0.493 e. The average Bonchev–Trinajstić information content (AvgIpc) is 3.08. The Kier molecular flexibility index (Phi) is 5.16. The Bertz CT molecular complexity index is 726. The first-order valence-corrected chi connectivity index (χ1v) is 8.20. The van der Waals surface area contributed by atoms with Gasteiger partial charge in [0, 0.05) is 38.3 Å². The van der Waals surface area contributed by atoms with E-state index in [2.05, 4.69) is 28.4 Å². The summed E-state index contributed by atoms with van der Waals surface area (Å²) in [7, 11) is 2.02. The van der Waals surface area contributed by atoms with E-state index in [4.69, 9.17) is 4.74 Å². The molecular weight excluding hydrogens is 300 g/mol. The van der Waals surface area contributed by atoms with Crippen molar-refractivity contribution in [2.45, 2.75) is 6.42 Å². The second-order valence-corrected chi connectivity index (χ2v) is 5.85. The molecule has 4 nitrogen and oxygen atoms in total. The van der Waals surface area contributed by atoms with Crippen molar-refractivity contribution in [3.8, 4) is 5.75 Å². The number of ether oxygens (including phenoxy) is 1. The zero-order valence-electron chi connectivity index (χ0n) is 13.9. The number of carbonyl (C=O) groups excluding carboxylic acids is 1. The monoisotopic (exact) mass is 322 g/mol. The topological polar surface area (TPSA) is 41.6 Å². The van der Waals surface area contributed by atoms with Gasteiger partial charge < -0.3 is 15.0 Å². The van der Waals surface area contributed by atoms with Gasteiger partial charge in [-0.25, -0.2) is 0 Å². The van der Waals surface area contributed by atoms with Gasteiger partial charge in [-0.05, 0) is 41.5 Å². The molecule has 0 saturated heterocycles. The molecule has 0 saturated carbocycles. The van der Waals surface area contributed by atoms with Crippen LogP contribution in [0.15, 0.2) is 54.6 Å². The minimum absolute atomic E-state index is 0.0757. The van der Waals surface area contributed by atoms with Crippen LogP contribution in [-0.2, 0) is 11.2 Å². The van der Waals surface area contributed by atoms with Crippen LogP contribution in [0, 0.1) is 0 Å². The molecule has 24 heavy (non-hydrogen) atoms. The Labute approximate surface area is 142 Å². The molecule has 0 spiro atoms. The van der Waals surface area contributed by atoms with Crippen LogP contribution in [0.2, 0.25) is 0 Å². The van der Waals surface area contributed by atoms with Crippen LogP contribution >= 0.6 is 0 Å². The quantitative estimate of drug-likeness (QED) is 0.832. The van der Waals surface area contributed by atoms with Crippen LogP contribution in [0.3, 0.4) is 0 Å². The third-order valence-electron chi connectivity index (χ3n) is 4.08. The average molecular weight is 322 g/mol. The fourth-order valence-electron chi connectivity index (χ4n) is 2.70. The van der Waals surface area contributed by atoms with Gasteiger partial charge >= 0.3 is 0 Å². The first-order chi connectivity index (χ1) is 11.7. The van der Waals surface area contributed by atoms with Crippen molar-refractivity contribution in [2.75, 3.05) is 31.6 Å². The number of fused-ring (bicyclic) bond motifs is 1. The number of benzene rings is 2. The highest BCUT2D eigenvalue weighted by molar-refractivity contribution is 5.91. The number of anilines is 1. The summed E-state index contributed by atoms with van der Waals surface area (Å²) in [6, 6.07) is 16.1. The number of rotatable bonds is 6. The van der Waals surface area contributed by atoms with E-state index in [0.717, 1.165) is 36.6 Å². The Morgan fingerprint density at radius 1 is 1.25 bits per heavy atom. The van der Waals surface area contributed by atoms with E-state index < -0.39 is 0 Å². The lowest BCUT2D eigenvalue weighted by molar-refractivity contribution is -0.116. The number of nitrogens with zero attached hydrogens (tertiary/aromatic N) is 1. The molecular formula is C20H22N2O2. The van der Waals surface area contributed by atoms with Gasteiger partial charge in [-0.1, -0.05) is 24.3 Å². The predicted octanol–water partition coefficient (Wildman–Crippen LogP) is 2.89. The van der Waals surface area contributed by atoms with Gasteiger partial charge in [-0.3, -0.25) is 4.79 Å². The van der Waals surface area contributed by atoms with Crippen LogP contribution < -0.4 is 15.0 Å². The van der Waals surface area contributed by atoms with Crippen LogP contribution in [0.5, 0.6) is 5.75 Å². The normalized spacial score (nSPS) is 12.7. The summed E-state index contributed by atoms with van der Waals surface area (Å²) in [6.07, 6.45) is 4.37. The van der Waals surface area contributed by atoms with Crippen molar-refractivity contribution in [2.24, 2.45) is 0 Å². The van der Waals surface area contributed by atoms with Crippen molar-refractivity contribution in [1.82, 2.24) is 5.32 Å². The molecule has 0 aromatic heterocycles. The van der Waals surface area contributed by atoms with E-state index in [9.17, 15) is 4.79 Å². The second kappa shape index (κ2) is 7.68. The molecule has 1 heterocycles. The van der Waals surface area contributed by atoms with Crippen molar-refractivity contribution in [1.29, 1.82) is 0 Å². The van der Waals surface area contributed by atoms with Gasteiger partial charge in [0.1, 0.15) is 5.75 Å². The third-order valence-corrected chi connectivity index (χ3v) is 4.08. The molecule has 0 unspecified atom stereocenters. The molecule has 0 radical (unpaired) electrons. The lowest BCUT2D eigenvalue weighted by Gasteiger charge is -2.19. The highest BCUT2D eigenvalue weighted by atomic mass is 16.5. The number of likely N-dealkylation sites (N-methyl/N-ethyl adjacent to an activating group) is 1. The summed E-state index contributed by atoms with van der Waals surface area (Å²) < 4.78 is 5.48. The lowest BCUT2D eigenvalue weighted by atomic mass is 10.1. The van der Waals surface area contributed by atoms with Gasteiger partial charge in [0.2, 0.25) is 5.91 Å². The Morgan fingerprint density at radius 3 is 2.92 bits per heavy atom. The van der Waals surface area contributed by atoms with E-state index in [1.165, 1.54) is 5.56 Å². The summed E-state index contributed by atoms with van der Waals surface area (Å²) in [4.78, 5) is 14.0. The molecule has 0 bridgehead atoms. The fourth-order valence-corrected chi connectivity index (χ4v) is 2.70. The van der Waals surface area contributed by atoms with Crippen LogP contribution in [0.1, 0.15) is 11.1 Å². The summed E-state index contributed by atoms with van der Waals surface area (Å²) in [6.45, 7) is 2.12. The zero-order valence-corrected chi connectivity index (χ0v) is 13.9. The molecule has 1 amide bonds. The van der Waals surface area contributed by atoms with Crippen LogP contribution in [0.4, 0.5) is 5.69 Å². The SMILES string of the molecule is CN(CCNC(=O)/C=C/c1ccc2c(c1)CCO2)c1ccccc1. The third kappa shape index (κ3) is 4.16. The molecule has 2 aromatic carbocycles. The van der Waals surface area contributed by atoms with E-state index in [0.29, 0.717) is 6.54 Å². The molecule has 0 atom stereocenters. The Morgan fingerprint density at radius 2 is 2.08 bits per heavy atom. The number of hydrogen-bond acceptors (Lipinski definition) is 3. The van der Waals surface area contributed by atoms with Crippen molar-refractivity contribution < 1.29 is 9.53 Å². The van der Waals surface area contributed by atoms with Crippen molar-refractivity contribution >= 4 is 17.7 Å². The molecule has 1 aliphatic rings. The summed E-state index contributed by atoms with van der Waals surface area (Å²) in [5, 5.41) is 2.91. The van der Waals surface area contributed by atoms with E-state index in [-0.39, 0.29) is 5.91 Å². The van der Waals surface area contributed by atoms with Crippen LogP contribution in [-0.4, -0.2) is 32.7 Å². The molecule has 124 valence electrons. The maximum Gasteiger partial charge on any atom is 0.244 e. The second-order valence-electron chi connectivity index (χ2n) is 5.85. The van der Waals surface area contributed by atoms with Crippen molar-refractivity contribution in [3.05, 3.63) is 65.7 Å². The number of amides is 1. The lowest BCUT2D eigenvalue weighted by Crippen LogP contribution is -2.31. The van der Waals surface area contributed by atoms with Crippen LogP contribution in [0.25, 0.3) is 6.08 Å². The van der Waals surface area contributed by atoms with Gasteiger partial charge in [-0.15, -0.1) is 0 Å². The predicted molar refractivity (Wildman–Crippen MR) is 97.4 cm³/mol. The first-order valence-electron chi connectivity index (χ1n) is 8.20. The fraction of sp³-hybridized carbons (Fsp3) is 0.250. The standard InChI is InChI=1S/C20H22N2O2/c1-22(18-5-3-2-4-6-18)13-12-21-20(23)10-8-16-7-9-19-17(15-16)11-14-24-19/h2-10,15H,11-14H2,1H3,(H,21,23)/b10-8+. The number of nitrogens with one attached hydrogen (secondary N) is 1. The maximum atomic E-state index is 11.9. The van der Waals surface area contributed by atoms with E-state index in [1.54, 1.807) is 6.08 Å². The molecule has 2 aromatic rings. The van der Waals surface area contributed by atoms with Gasteiger partial charge in [-0.2, -0.15) is 0 Å². The Hall–Kier alpha value is -2.75. The molecule has 4 heteroatoms. The van der Waals surface area contributed by atoms with E-state index >= 15 is 0 Å². The van der Waals surface area contributed by atoms with Crippen molar-refractivity contribution in [3.63, 3.8) is 0 Å². The molecule has 0 fully saturated rings.